The molecule has 78 valence electrons. The van der Waals surface area contributed by atoms with Gasteiger partial charge in [-0.05, 0) is 13.3 Å². The molecule has 1 fully saturated rings. The fraction of sp³-hybridized carbons (Fsp3) is 0.333. The summed E-state index contributed by atoms with van der Waals surface area (Å²) in [6.07, 6.45) is 0.488. The highest BCUT2D eigenvalue weighted by Crippen LogP contribution is 2.41. The number of hydrogen-bond donors (Lipinski definition) is 1. The molecule has 0 heterocycles. The molecule has 3 nitrogen and oxygen atoms in total. The van der Waals surface area contributed by atoms with E-state index < -0.39 is 11.9 Å². The lowest BCUT2D eigenvalue weighted by molar-refractivity contribution is -0.138. The van der Waals surface area contributed by atoms with E-state index in [9.17, 15) is 9.59 Å². The fourth-order valence-electron chi connectivity index (χ4n) is 1.69. The van der Waals surface area contributed by atoms with Crippen molar-refractivity contribution in [3.8, 4) is 0 Å². The molecule has 1 N–H and O–H groups in total. The zero-order chi connectivity index (χ0) is 11.0. The van der Waals surface area contributed by atoms with E-state index in [1.807, 2.05) is 19.1 Å². The molecule has 0 aliphatic heterocycles. The Kier molecular flexibility index (Phi) is 2.31. The van der Waals surface area contributed by atoms with Crippen LogP contribution in [0.4, 0.5) is 0 Å². The summed E-state index contributed by atoms with van der Waals surface area (Å²) < 4.78 is 0. The van der Waals surface area contributed by atoms with E-state index in [0.717, 1.165) is 5.56 Å². The summed E-state index contributed by atoms with van der Waals surface area (Å²) in [5.74, 6) is -1.66. The van der Waals surface area contributed by atoms with Crippen LogP contribution in [0.5, 0.6) is 0 Å². The van der Waals surface area contributed by atoms with Gasteiger partial charge in [-0.25, -0.2) is 0 Å². The molecule has 0 radical (unpaired) electrons. The van der Waals surface area contributed by atoms with Gasteiger partial charge in [0.05, 0.1) is 5.92 Å². The van der Waals surface area contributed by atoms with E-state index in [1.165, 1.54) is 0 Å². The Balaban J connectivity index is 2.10. The maximum absolute atomic E-state index is 11.8. The van der Waals surface area contributed by atoms with E-state index in [4.69, 9.17) is 5.11 Å². The van der Waals surface area contributed by atoms with Gasteiger partial charge in [-0.15, -0.1) is 0 Å². The zero-order valence-corrected chi connectivity index (χ0v) is 8.43. The number of ketones is 1. The maximum atomic E-state index is 11.8. The van der Waals surface area contributed by atoms with E-state index in [2.05, 4.69) is 0 Å². The van der Waals surface area contributed by atoms with E-state index in [1.54, 1.807) is 12.1 Å². The molecule has 1 aromatic carbocycles. The number of carbonyl (C=O) groups excluding carboxylic acids is 1. The van der Waals surface area contributed by atoms with Crippen molar-refractivity contribution in [3.05, 3.63) is 35.4 Å². The van der Waals surface area contributed by atoms with Gasteiger partial charge < -0.3 is 5.11 Å². The van der Waals surface area contributed by atoms with Crippen molar-refractivity contribution in [1.29, 1.82) is 0 Å². The van der Waals surface area contributed by atoms with Crippen molar-refractivity contribution in [1.82, 2.24) is 0 Å². The smallest absolute Gasteiger partial charge is 0.307 e. The van der Waals surface area contributed by atoms with Crippen LogP contribution in [0.1, 0.15) is 22.3 Å². The lowest BCUT2D eigenvalue weighted by Crippen LogP contribution is -2.08. The van der Waals surface area contributed by atoms with Gasteiger partial charge in [0.1, 0.15) is 0 Å². The molecule has 2 rings (SSSR count). The minimum absolute atomic E-state index is 0.0394. The van der Waals surface area contributed by atoms with Crippen LogP contribution in [0.15, 0.2) is 24.3 Å². The molecule has 0 amide bonds. The van der Waals surface area contributed by atoms with Gasteiger partial charge in [-0.1, -0.05) is 29.8 Å². The van der Waals surface area contributed by atoms with Crippen molar-refractivity contribution in [2.24, 2.45) is 11.8 Å². The number of Topliss-reactive ketones (excluding diaryl/α,β-unsaturated/α-hetero) is 1. The van der Waals surface area contributed by atoms with Gasteiger partial charge in [0.25, 0.3) is 0 Å². The lowest BCUT2D eigenvalue weighted by atomic mass is 10.0. The molecular formula is C12H12O3. The highest BCUT2D eigenvalue weighted by molar-refractivity contribution is 6.02. The quantitative estimate of drug-likeness (QED) is 0.765. The molecule has 0 bridgehead atoms. The summed E-state index contributed by atoms with van der Waals surface area (Å²) >= 11 is 0. The number of aryl methyl sites for hydroxylation is 1. The first-order valence-corrected chi connectivity index (χ1v) is 4.93. The first-order chi connectivity index (χ1) is 7.09. The Bertz CT molecular complexity index is 405. The second-order valence-corrected chi connectivity index (χ2v) is 4.02. The number of benzene rings is 1. The third-order valence-electron chi connectivity index (χ3n) is 2.78. The first kappa shape index (κ1) is 9.90. The van der Waals surface area contributed by atoms with Gasteiger partial charge >= 0.3 is 5.97 Å². The molecule has 1 saturated carbocycles. The molecule has 2 atom stereocenters. The third-order valence-corrected chi connectivity index (χ3v) is 2.78. The van der Waals surface area contributed by atoms with Gasteiger partial charge in [-0.2, -0.15) is 0 Å². The second kappa shape index (κ2) is 3.50. The summed E-state index contributed by atoms with van der Waals surface area (Å²) in [6, 6.07) is 7.25. The van der Waals surface area contributed by atoms with Crippen LogP contribution in [-0.2, 0) is 4.79 Å². The lowest BCUT2D eigenvalue weighted by Gasteiger charge is -1.99. The monoisotopic (exact) mass is 204 g/mol. The summed E-state index contributed by atoms with van der Waals surface area (Å²) in [4.78, 5) is 22.4. The normalized spacial score (nSPS) is 23.5. The van der Waals surface area contributed by atoms with Gasteiger partial charge in [0, 0.05) is 11.5 Å². The topological polar surface area (TPSA) is 54.4 Å². The average Bonchev–Trinajstić information content (AvgIpc) is 2.97. The van der Waals surface area contributed by atoms with Crippen molar-refractivity contribution >= 4 is 11.8 Å². The number of rotatable bonds is 3. The van der Waals surface area contributed by atoms with Crippen LogP contribution in [0.2, 0.25) is 0 Å². The Morgan fingerprint density at radius 3 is 2.27 bits per heavy atom. The molecule has 3 heteroatoms. The van der Waals surface area contributed by atoms with Gasteiger partial charge in [-0.3, -0.25) is 9.59 Å². The Labute approximate surface area is 87.7 Å². The minimum atomic E-state index is -0.861. The molecule has 0 saturated heterocycles. The predicted octanol–water partition coefficient (Wildman–Crippen LogP) is 1.90. The molecular weight excluding hydrogens is 192 g/mol. The molecule has 0 aromatic heterocycles. The standard InChI is InChI=1S/C12H12O3/c1-7-2-4-8(5-3-7)11(13)9-6-10(9)12(14)15/h2-5,9-10H,6H2,1H3,(H,14,15)/t9-,10-/m0/s1. The fourth-order valence-corrected chi connectivity index (χ4v) is 1.69. The molecule has 1 aromatic rings. The molecule has 1 aliphatic carbocycles. The molecule has 15 heavy (non-hydrogen) atoms. The van der Waals surface area contributed by atoms with Crippen LogP contribution in [0.3, 0.4) is 0 Å². The highest BCUT2D eigenvalue weighted by Gasteiger charge is 2.48. The number of carbonyl (C=O) groups is 2. The van der Waals surface area contributed by atoms with E-state index in [-0.39, 0.29) is 11.7 Å². The summed E-state index contributed by atoms with van der Waals surface area (Å²) in [6.45, 7) is 1.95. The van der Waals surface area contributed by atoms with Gasteiger partial charge in [0.15, 0.2) is 5.78 Å². The number of aliphatic carboxylic acids is 1. The maximum Gasteiger partial charge on any atom is 0.307 e. The van der Waals surface area contributed by atoms with Crippen molar-refractivity contribution < 1.29 is 14.7 Å². The number of hydrogen-bond acceptors (Lipinski definition) is 2. The van der Waals surface area contributed by atoms with Gasteiger partial charge in [0.2, 0.25) is 0 Å². The number of carboxylic acids is 1. The number of carboxylic acid groups (broad SMARTS) is 1. The molecule has 1 aliphatic rings. The minimum Gasteiger partial charge on any atom is -0.481 e. The summed E-state index contributed by atoms with van der Waals surface area (Å²) in [5, 5.41) is 8.71. The van der Waals surface area contributed by atoms with Crippen molar-refractivity contribution in [2.75, 3.05) is 0 Å². The Morgan fingerprint density at radius 1 is 1.20 bits per heavy atom. The van der Waals surface area contributed by atoms with Crippen LogP contribution in [0.25, 0.3) is 0 Å². The largest absolute Gasteiger partial charge is 0.481 e. The van der Waals surface area contributed by atoms with E-state index >= 15 is 0 Å². The summed E-state index contributed by atoms with van der Waals surface area (Å²) in [7, 11) is 0. The Morgan fingerprint density at radius 2 is 1.80 bits per heavy atom. The molecule has 0 spiro atoms. The molecule has 0 unspecified atom stereocenters. The van der Waals surface area contributed by atoms with Crippen LogP contribution < -0.4 is 0 Å². The van der Waals surface area contributed by atoms with Crippen LogP contribution >= 0.6 is 0 Å². The average molecular weight is 204 g/mol. The van der Waals surface area contributed by atoms with Crippen molar-refractivity contribution in [2.45, 2.75) is 13.3 Å². The van der Waals surface area contributed by atoms with Crippen molar-refractivity contribution in [3.63, 3.8) is 0 Å². The second-order valence-electron chi connectivity index (χ2n) is 4.02. The van der Waals surface area contributed by atoms with Crippen LogP contribution in [0, 0.1) is 18.8 Å². The van der Waals surface area contributed by atoms with Crippen LogP contribution in [-0.4, -0.2) is 16.9 Å². The first-order valence-electron chi connectivity index (χ1n) is 4.93. The summed E-state index contributed by atoms with van der Waals surface area (Å²) in [5.41, 5.74) is 1.71. The zero-order valence-electron chi connectivity index (χ0n) is 8.43. The predicted molar refractivity (Wildman–Crippen MR) is 54.7 cm³/mol. The van der Waals surface area contributed by atoms with E-state index in [0.29, 0.717) is 12.0 Å². The Hall–Kier alpha value is -1.64. The SMILES string of the molecule is Cc1ccc(C(=O)[C@H]2C[C@@H]2C(=O)O)cc1. The highest BCUT2D eigenvalue weighted by atomic mass is 16.4. The third kappa shape index (κ3) is 1.91.